The highest BCUT2D eigenvalue weighted by Gasteiger charge is 2.21. The van der Waals surface area contributed by atoms with Gasteiger partial charge in [-0.05, 0) is 39.3 Å². The number of hydrogen-bond acceptors (Lipinski definition) is 3. The summed E-state index contributed by atoms with van der Waals surface area (Å²) in [6.45, 7) is 5.81. The van der Waals surface area contributed by atoms with Gasteiger partial charge in [0.25, 0.3) is 0 Å². The van der Waals surface area contributed by atoms with Crippen LogP contribution in [0.3, 0.4) is 0 Å². The highest BCUT2D eigenvalue weighted by atomic mass is 16.3. The Morgan fingerprint density at radius 3 is 2.94 bits per heavy atom. The summed E-state index contributed by atoms with van der Waals surface area (Å²) < 4.78 is 0. The first-order valence-corrected chi connectivity index (χ1v) is 6.16. The van der Waals surface area contributed by atoms with Gasteiger partial charge < -0.3 is 10.1 Å². The maximum atomic E-state index is 12.1. The summed E-state index contributed by atoms with van der Waals surface area (Å²) in [7, 11) is 0. The van der Waals surface area contributed by atoms with E-state index in [1.54, 1.807) is 0 Å². The molecule has 0 bridgehead atoms. The highest BCUT2D eigenvalue weighted by Crippen LogP contribution is 2.14. The molecule has 0 spiro atoms. The van der Waals surface area contributed by atoms with Crippen molar-refractivity contribution in [2.24, 2.45) is 0 Å². The Balaban J connectivity index is 1.99. The second kappa shape index (κ2) is 5.02. The molecule has 17 heavy (non-hydrogen) atoms. The number of aliphatic hydroxyl groups is 1. The van der Waals surface area contributed by atoms with Crippen LogP contribution in [0.4, 0.5) is 0 Å². The van der Waals surface area contributed by atoms with E-state index in [0.717, 1.165) is 36.3 Å². The highest BCUT2D eigenvalue weighted by molar-refractivity contribution is 5.98. The van der Waals surface area contributed by atoms with E-state index in [1.165, 1.54) is 0 Å². The lowest BCUT2D eigenvalue weighted by Gasteiger charge is -2.29. The number of carbonyl (C=O) groups excluding carboxylic acids is 1. The standard InChI is InChI=1S/C13H20N2O2/c1-9-6-12(10(2)14-9)13(17)8-15-5-3-4-11(16)7-15/h6,11,14,16H,3-5,7-8H2,1-2H3. The number of aromatic nitrogens is 1. The molecule has 0 aliphatic carbocycles. The number of hydrogen-bond donors (Lipinski definition) is 2. The van der Waals surface area contributed by atoms with Crippen molar-refractivity contribution in [3.63, 3.8) is 0 Å². The number of aryl methyl sites for hydroxylation is 2. The summed E-state index contributed by atoms with van der Waals surface area (Å²) in [6, 6.07) is 1.90. The van der Waals surface area contributed by atoms with Crippen LogP contribution in [0.5, 0.6) is 0 Å². The van der Waals surface area contributed by atoms with Crippen molar-refractivity contribution in [1.82, 2.24) is 9.88 Å². The molecule has 1 aromatic rings. The zero-order valence-electron chi connectivity index (χ0n) is 10.5. The maximum Gasteiger partial charge on any atom is 0.178 e. The number of H-pyrrole nitrogens is 1. The van der Waals surface area contributed by atoms with Gasteiger partial charge in [-0.15, -0.1) is 0 Å². The Morgan fingerprint density at radius 1 is 1.59 bits per heavy atom. The smallest absolute Gasteiger partial charge is 0.178 e. The van der Waals surface area contributed by atoms with Gasteiger partial charge in [0, 0.05) is 23.5 Å². The lowest BCUT2D eigenvalue weighted by molar-refractivity contribution is 0.0634. The van der Waals surface area contributed by atoms with E-state index in [9.17, 15) is 9.90 Å². The van der Waals surface area contributed by atoms with Gasteiger partial charge >= 0.3 is 0 Å². The normalized spacial score (nSPS) is 21.7. The average Bonchev–Trinajstić information content (AvgIpc) is 2.58. The number of piperidine rings is 1. The van der Waals surface area contributed by atoms with Gasteiger partial charge in [-0.1, -0.05) is 0 Å². The molecule has 1 fully saturated rings. The maximum absolute atomic E-state index is 12.1. The Hall–Kier alpha value is -1.13. The fraction of sp³-hybridized carbons (Fsp3) is 0.615. The van der Waals surface area contributed by atoms with Crippen molar-refractivity contribution < 1.29 is 9.90 Å². The van der Waals surface area contributed by atoms with Crippen molar-refractivity contribution in [1.29, 1.82) is 0 Å². The SMILES string of the molecule is Cc1cc(C(=O)CN2CCCC(O)C2)c(C)[nH]1. The van der Waals surface area contributed by atoms with Crippen LogP contribution in [0, 0.1) is 13.8 Å². The monoisotopic (exact) mass is 236 g/mol. The molecule has 0 saturated carbocycles. The summed E-state index contributed by atoms with van der Waals surface area (Å²) in [5.74, 6) is 0.140. The molecule has 0 amide bonds. The van der Waals surface area contributed by atoms with Crippen molar-refractivity contribution in [2.75, 3.05) is 19.6 Å². The van der Waals surface area contributed by atoms with Crippen molar-refractivity contribution in [3.8, 4) is 0 Å². The van der Waals surface area contributed by atoms with Crippen LogP contribution in [0.15, 0.2) is 6.07 Å². The minimum atomic E-state index is -0.273. The van der Waals surface area contributed by atoms with Gasteiger partial charge in [-0.25, -0.2) is 0 Å². The van der Waals surface area contributed by atoms with Gasteiger partial charge in [0.1, 0.15) is 0 Å². The minimum Gasteiger partial charge on any atom is -0.392 e. The number of aliphatic hydroxyl groups excluding tert-OH is 1. The van der Waals surface area contributed by atoms with Crippen LogP contribution in [0.2, 0.25) is 0 Å². The molecular formula is C13H20N2O2. The average molecular weight is 236 g/mol. The quantitative estimate of drug-likeness (QED) is 0.777. The molecule has 2 heterocycles. The van der Waals surface area contributed by atoms with Crippen LogP contribution in [-0.4, -0.2) is 46.5 Å². The van der Waals surface area contributed by atoms with Crippen molar-refractivity contribution >= 4 is 5.78 Å². The molecule has 4 nitrogen and oxygen atoms in total. The molecule has 1 unspecified atom stereocenters. The van der Waals surface area contributed by atoms with Gasteiger partial charge in [-0.3, -0.25) is 9.69 Å². The second-order valence-corrected chi connectivity index (χ2v) is 4.95. The molecule has 4 heteroatoms. The van der Waals surface area contributed by atoms with E-state index in [2.05, 4.69) is 4.98 Å². The fourth-order valence-corrected chi connectivity index (χ4v) is 2.48. The summed E-state index contributed by atoms with van der Waals surface area (Å²) >= 11 is 0. The number of aromatic amines is 1. The van der Waals surface area contributed by atoms with E-state index >= 15 is 0 Å². The van der Waals surface area contributed by atoms with Crippen LogP contribution >= 0.6 is 0 Å². The number of β-amino-alcohol motifs (C(OH)–C–C–N with tert-alkyl or cyclic N) is 1. The third kappa shape index (κ3) is 2.96. The van der Waals surface area contributed by atoms with Gasteiger partial charge in [0.05, 0.1) is 12.6 Å². The Bertz CT molecular complexity index is 412. The number of carbonyl (C=O) groups is 1. The molecule has 1 aromatic heterocycles. The van der Waals surface area contributed by atoms with Crippen LogP contribution < -0.4 is 0 Å². The predicted octanol–water partition coefficient (Wildman–Crippen LogP) is 1.27. The zero-order valence-corrected chi connectivity index (χ0v) is 10.5. The molecule has 0 radical (unpaired) electrons. The minimum absolute atomic E-state index is 0.140. The molecule has 2 N–H and O–H groups in total. The summed E-state index contributed by atoms with van der Waals surface area (Å²) in [5, 5.41) is 9.56. The number of Topliss-reactive ketones (excluding diaryl/α,β-unsaturated/α-hetero) is 1. The van der Waals surface area contributed by atoms with Gasteiger partial charge in [0.2, 0.25) is 0 Å². The summed E-state index contributed by atoms with van der Waals surface area (Å²) in [6.07, 6.45) is 1.55. The largest absolute Gasteiger partial charge is 0.392 e. The van der Waals surface area contributed by atoms with E-state index in [4.69, 9.17) is 0 Å². The topological polar surface area (TPSA) is 56.3 Å². The summed E-state index contributed by atoms with van der Waals surface area (Å²) in [5.41, 5.74) is 2.73. The number of nitrogens with one attached hydrogen (secondary N) is 1. The number of likely N-dealkylation sites (tertiary alicyclic amines) is 1. The van der Waals surface area contributed by atoms with E-state index in [0.29, 0.717) is 13.1 Å². The molecule has 1 saturated heterocycles. The Morgan fingerprint density at radius 2 is 2.35 bits per heavy atom. The third-order valence-electron chi connectivity index (χ3n) is 3.30. The molecule has 1 aliphatic rings. The van der Waals surface area contributed by atoms with Gasteiger partial charge in [0.15, 0.2) is 5.78 Å². The summed E-state index contributed by atoms with van der Waals surface area (Å²) in [4.78, 5) is 17.3. The van der Waals surface area contributed by atoms with Crippen LogP contribution in [0.1, 0.15) is 34.6 Å². The fourth-order valence-electron chi connectivity index (χ4n) is 2.48. The molecular weight excluding hydrogens is 216 g/mol. The zero-order chi connectivity index (χ0) is 12.4. The molecule has 1 aliphatic heterocycles. The van der Waals surface area contributed by atoms with Crippen LogP contribution in [-0.2, 0) is 0 Å². The first-order valence-electron chi connectivity index (χ1n) is 6.16. The predicted molar refractivity (Wildman–Crippen MR) is 66.3 cm³/mol. The Labute approximate surface area is 102 Å². The molecule has 1 atom stereocenters. The molecule has 0 aromatic carbocycles. The van der Waals surface area contributed by atoms with Crippen molar-refractivity contribution in [2.45, 2.75) is 32.8 Å². The first-order chi connectivity index (χ1) is 8.06. The number of rotatable bonds is 3. The molecule has 2 rings (SSSR count). The van der Waals surface area contributed by atoms with Gasteiger partial charge in [-0.2, -0.15) is 0 Å². The first kappa shape index (κ1) is 12.3. The number of ketones is 1. The Kier molecular flexibility index (Phi) is 3.64. The van der Waals surface area contributed by atoms with E-state index in [-0.39, 0.29) is 11.9 Å². The number of nitrogens with zero attached hydrogens (tertiary/aromatic N) is 1. The van der Waals surface area contributed by atoms with Crippen molar-refractivity contribution in [3.05, 3.63) is 23.0 Å². The third-order valence-corrected chi connectivity index (χ3v) is 3.30. The lowest BCUT2D eigenvalue weighted by atomic mass is 10.1. The lowest BCUT2D eigenvalue weighted by Crippen LogP contribution is -2.41. The second-order valence-electron chi connectivity index (χ2n) is 4.95. The van der Waals surface area contributed by atoms with E-state index < -0.39 is 0 Å². The van der Waals surface area contributed by atoms with E-state index in [1.807, 2.05) is 24.8 Å². The van der Waals surface area contributed by atoms with Crippen LogP contribution in [0.25, 0.3) is 0 Å². The molecule has 94 valence electrons.